The monoisotopic (exact) mass is 226 g/mol. The molecule has 1 nitrogen and oxygen atoms in total. The van der Waals surface area contributed by atoms with Gasteiger partial charge in [-0.05, 0) is 41.9 Å². The van der Waals surface area contributed by atoms with Crippen molar-refractivity contribution in [2.24, 2.45) is 22.7 Å². The molecule has 1 saturated carbocycles. The van der Waals surface area contributed by atoms with Crippen molar-refractivity contribution in [1.29, 1.82) is 0 Å². The van der Waals surface area contributed by atoms with Gasteiger partial charge in [0.2, 0.25) is 0 Å². The summed E-state index contributed by atoms with van der Waals surface area (Å²) < 4.78 is 5.69. The lowest BCUT2D eigenvalue weighted by atomic mass is 9.62. The average Bonchev–Trinajstić information content (AvgIpc) is 2.14. The second-order valence-electron chi connectivity index (χ2n) is 7.62. The Morgan fingerprint density at radius 1 is 0.875 bits per heavy atom. The van der Waals surface area contributed by atoms with Crippen LogP contribution < -0.4 is 0 Å². The van der Waals surface area contributed by atoms with Crippen molar-refractivity contribution in [2.75, 3.05) is 7.11 Å². The average molecular weight is 226 g/mol. The van der Waals surface area contributed by atoms with Gasteiger partial charge < -0.3 is 4.74 Å². The molecule has 3 unspecified atom stereocenters. The highest BCUT2D eigenvalue weighted by molar-refractivity contribution is 4.91. The van der Waals surface area contributed by atoms with E-state index in [1.165, 1.54) is 19.3 Å². The van der Waals surface area contributed by atoms with Gasteiger partial charge in [0.1, 0.15) is 0 Å². The SMILES string of the molecule is COC1CCC(C(C)(C)C)CC1C(C)(C)C. The molecule has 0 bridgehead atoms. The Morgan fingerprint density at radius 3 is 1.81 bits per heavy atom. The van der Waals surface area contributed by atoms with Crippen molar-refractivity contribution in [3.8, 4) is 0 Å². The van der Waals surface area contributed by atoms with E-state index >= 15 is 0 Å². The lowest BCUT2D eigenvalue weighted by Gasteiger charge is -2.46. The molecule has 96 valence electrons. The Hall–Kier alpha value is -0.0400. The predicted molar refractivity (Wildman–Crippen MR) is 70.5 cm³/mol. The topological polar surface area (TPSA) is 9.23 Å². The lowest BCUT2D eigenvalue weighted by molar-refractivity contribution is -0.0525. The van der Waals surface area contributed by atoms with Gasteiger partial charge in [-0.15, -0.1) is 0 Å². The molecule has 0 N–H and O–H groups in total. The standard InChI is InChI=1S/C15H30O/c1-14(2,3)11-8-9-13(16-7)12(10-11)15(4,5)6/h11-13H,8-10H2,1-7H3. The smallest absolute Gasteiger partial charge is 0.0604 e. The molecule has 0 spiro atoms. The van der Waals surface area contributed by atoms with E-state index in [2.05, 4.69) is 41.5 Å². The second kappa shape index (κ2) is 4.68. The number of ether oxygens (including phenoxy) is 1. The molecule has 0 aromatic heterocycles. The number of hydrogen-bond donors (Lipinski definition) is 0. The molecular formula is C15H30O. The molecule has 0 saturated heterocycles. The summed E-state index contributed by atoms with van der Waals surface area (Å²) in [7, 11) is 1.88. The highest BCUT2D eigenvalue weighted by Crippen LogP contribution is 2.46. The molecule has 0 aromatic rings. The lowest BCUT2D eigenvalue weighted by Crippen LogP contribution is -2.41. The summed E-state index contributed by atoms with van der Waals surface area (Å²) in [5.41, 5.74) is 0.812. The van der Waals surface area contributed by atoms with E-state index in [9.17, 15) is 0 Å². The largest absolute Gasteiger partial charge is 0.381 e. The molecule has 1 fully saturated rings. The Labute approximate surface area is 102 Å². The predicted octanol–water partition coefficient (Wildman–Crippen LogP) is 4.51. The maximum absolute atomic E-state index is 5.69. The van der Waals surface area contributed by atoms with Gasteiger partial charge in [0.15, 0.2) is 0 Å². The van der Waals surface area contributed by atoms with Crippen LogP contribution in [-0.4, -0.2) is 13.2 Å². The van der Waals surface area contributed by atoms with E-state index < -0.39 is 0 Å². The van der Waals surface area contributed by atoms with Crippen molar-refractivity contribution in [3.05, 3.63) is 0 Å². The first-order valence-electron chi connectivity index (χ1n) is 6.69. The highest BCUT2D eigenvalue weighted by Gasteiger charge is 2.40. The van der Waals surface area contributed by atoms with Crippen LogP contribution >= 0.6 is 0 Å². The van der Waals surface area contributed by atoms with Crippen LogP contribution in [0.25, 0.3) is 0 Å². The second-order valence-corrected chi connectivity index (χ2v) is 7.62. The van der Waals surface area contributed by atoms with Gasteiger partial charge in [-0.25, -0.2) is 0 Å². The first-order chi connectivity index (χ1) is 7.16. The fourth-order valence-electron chi connectivity index (χ4n) is 3.12. The van der Waals surface area contributed by atoms with Crippen LogP contribution in [0.1, 0.15) is 60.8 Å². The maximum atomic E-state index is 5.69. The van der Waals surface area contributed by atoms with Gasteiger partial charge in [0, 0.05) is 7.11 Å². The molecule has 1 heteroatoms. The molecule has 0 radical (unpaired) electrons. The summed E-state index contributed by atoms with van der Waals surface area (Å²) in [6, 6.07) is 0. The van der Waals surface area contributed by atoms with Gasteiger partial charge in [-0.2, -0.15) is 0 Å². The molecule has 0 aromatic carbocycles. The third-order valence-corrected chi connectivity index (χ3v) is 4.43. The number of hydrogen-bond acceptors (Lipinski definition) is 1. The Kier molecular flexibility index (Phi) is 4.10. The molecular weight excluding hydrogens is 196 g/mol. The number of methoxy groups -OCH3 is 1. The van der Waals surface area contributed by atoms with E-state index in [1.54, 1.807) is 0 Å². The third-order valence-electron chi connectivity index (χ3n) is 4.43. The van der Waals surface area contributed by atoms with Crippen LogP contribution in [0.3, 0.4) is 0 Å². The van der Waals surface area contributed by atoms with Crippen LogP contribution in [0, 0.1) is 22.7 Å². The highest BCUT2D eigenvalue weighted by atomic mass is 16.5. The molecule has 3 atom stereocenters. The molecule has 1 aliphatic carbocycles. The van der Waals surface area contributed by atoms with E-state index in [0.29, 0.717) is 22.9 Å². The minimum atomic E-state index is 0.366. The Balaban J connectivity index is 2.78. The van der Waals surface area contributed by atoms with Gasteiger partial charge in [0.05, 0.1) is 6.10 Å². The zero-order valence-electron chi connectivity index (χ0n) is 12.3. The first kappa shape index (κ1) is 14.0. The van der Waals surface area contributed by atoms with Gasteiger partial charge in [0.25, 0.3) is 0 Å². The van der Waals surface area contributed by atoms with Crippen LogP contribution in [0.5, 0.6) is 0 Å². The van der Waals surface area contributed by atoms with E-state index in [4.69, 9.17) is 4.74 Å². The van der Waals surface area contributed by atoms with Crippen molar-refractivity contribution in [2.45, 2.75) is 66.9 Å². The summed E-state index contributed by atoms with van der Waals surface area (Å²) in [6.07, 6.45) is 4.36. The Bertz CT molecular complexity index is 219. The van der Waals surface area contributed by atoms with Crippen molar-refractivity contribution in [1.82, 2.24) is 0 Å². The van der Waals surface area contributed by atoms with Crippen molar-refractivity contribution in [3.63, 3.8) is 0 Å². The fourth-order valence-corrected chi connectivity index (χ4v) is 3.12. The van der Waals surface area contributed by atoms with Crippen molar-refractivity contribution < 1.29 is 4.74 Å². The molecule has 0 amide bonds. The van der Waals surface area contributed by atoms with E-state index in [1.807, 2.05) is 7.11 Å². The molecule has 1 rings (SSSR count). The molecule has 16 heavy (non-hydrogen) atoms. The summed E-state index contributed by atoms with van der Waals surface area (Å²) >= 11 is 0. The minimum absolute atomic E-state index is 0.366. The van der Waals surface area contributed by atoms with Crippen LogP contribution in [-0.2, 0) is 4.74 Å². The van der Waals surface area contributed by atoms with Gasteiger partial charge >= 0.3 is 0 Å². The van der Waals surface area contributed by atoms with Crippen LogP contribution in [0.2, 0.25) is 0 Å². The zero-order valence-corrected chi connectivity index (χ0v) is 12.3. The summed E-state index contributed by atoms with van der Waals surface area (Å²) in [5, 5.41) is 0. The maximum Gasteiger partial charge on any atom is 0.0604 e. The third kappa shape index (κ3) is 3.23. The zero-order chi connectivity index (χ0) is 12.6. The minimum Gasteiger partial charge on any atom is -0.381 e. The normalized spacial score (nSPS) is 32.8. The molecule has 1 aliphatic rings. The fraction of sp³-hybridized carbons (Fsp3) is 1.00. The summed E-state index contributed by atoms with van der Waals surface area (Å²) in [6.45, 7) is 14.2. The molecule has 0 aliphatic heterocycles. The quantitative estimate of drug-likeness (QED) is 0.639. The first-order valence-corrected chi connectivity index (χ1v) is 6.69. The van der Waals surface area contributed by atoms with Gasteiger partial charge in [-0.1, -0.05) is 41.5 Å². The van der Waals surface area contributed by atoms with E-state index in [-0.39, 0.29) is 0 Å². The molecule has 0 heterocycles. The van der Waals surface area contributed by atoms with Crippen LogP contribution in [0.15, 0.2) is 0 Å². The van der Waals surface area contributed by atoms with Gasteiger partial charge in [-0.3, -0.25) is 0 Å². The number of rotatable bonds is 1. The Morgan fingerprint density at radius 2 is 1.44 bits per heavy atom. The summed E-state index contributed by atoms with van der Waals surface area (Å²) in [5.74, 6) is 1.55. The van der Waals surface area contributed by atoms with Crippen molar-refractivity contribution >= 4 is 0 Å². The van der Waals surface area contributed by atoms with E-state index in [0.717, 1.165) is 5.92 Å². The summed E-state index contributed by atoms with van der Waals surface area (Å²) in [4.78, 5) is 0. The van der Waals surface area contributed by atoms with Crippen LogP contribution in [0.4, 0.5) is 0 Å².